The summed E-state index contributed by atoms with van der Waals surface area (Å²) in [6, 6.07) is 10.7. The molecule has 0 spiro atoms. The van der Waals surface area contributed by atoms with Crippen molar-refractivity contribution in [1.29, 1.82) is 0 Å². The van der Waals surface area contributed by atoms with Gasteiger partial charge >= 0.3 is 0 Å². The van der Waals surface area contributed by atoms with Crippen molar-refractivity contribution in [3.8, 4) is 0 Å². The molecule has 1 aromatic carbocycles. The van der Waals surface area contributed by atoms with Gasteiger partial charge in [0.05, 0.1) is 5.69 Å². The molecule has 0 bridgehead atoms. The minimum absolute atomic E-state index is 0.369. The molecule has 0 amide bonds. The number of aliphatic imine (C=N–C) groups is 1. The minimum atomic E-state index is 0.369. The van der Waals surface area contributed by atoms with Crippen LogP contribution in [-0.4, -0.2) is 24.0 Å². The van der Waals surface area contributed by atoms with Crippen molar-refractivity contribution in [3.63, 3.8) is 0 Å². The van der Waals surface area contributed by atoms with E-state index in [1.54, 1.807) is 0 Å². The third-order valence-electron chi connectivity index (χ3n) is 4.80. The number of aryl methyl sites for hydroxylation is 2. The third kappa shape index (κ3) is 4.84. The Morgan fingerprint density at radius 1 is 1.20 bits per heavy atom. The molecule has 5 nitrogen and oxygen atoms in total. The average molecular weight is 340 g/mol. The predicted octanol–water partition coefficient (Wildman–Crippen LogP) is 3.37. The van der Waals surface area contributed by atoms with E-state index in [0.29, 0.717) is 17.9 Å². The van der Waals surface area contributed by atoms with Gasteiger partial charge in [0.25, 0.3) is 0 Å². The first-order valence-electron chi connectivity index (χ1n) is 9.09. The predicted molar refractivity (Wildman–Crippen MR) is 101 cm³/mol. The molecule has 134 valence electrons. The molecule has 25 heavy (non-hydrogen) atoms. The number of nitrogens with zero attached hydrogens (tertiary/aromatic N) is 2. The molecule has 2 N–H and O–H groups in total. The number of aromatic nitrogens is 1. The van der Waals surface area contributed by atoms with Gasteiger partial charge in [0.1, 0.15) is 12.3 Å². The summed E-state index contributed by atoms with van der Waals surface area (Å²) in [7, 11) is 0. The minimum Gasteiger partial charge on any atom is -0.444 e. The maximum absolute atomic E-state index is 5.61. The van der Waals surface area contributed by atoms with Crippen molar-refractivity contribution in [2.75, 3.05) is 13.1 Å². The van der Waals surface area contributed by atoms with Crippen molar-refractivity contribution in [2.45, 2.75) is 46.6 Å². The summed E-state index contributed by atoms with van der Waals surface area (Å²) >= 11 is 0. The van der Waals surface area contributed by atoms with Crippen LogP contribution in [-0.2, 0) is 13.0 Å². The molecule has 2 aromatic rings. The van der Waals surface area contributed by atoms with E-state index in [9.17, 15) is 0 Å². The first-order chi connectivity index (χ1) is 12.1. The summed E-state index contributed by atoms with van der Waals surface area (Å²) in [4.78, 5) is 9.00. The molecule has 0 atom stereocenters. The van der Waals surface area contributed by atoms with Crippen LogP contribution in [0.15, 0.2) is 39.7 Å². The maximum atomic E-state index is 5.61. The lowest BCUT2D eigenvalue weighted by molar-refractivity contribution is 0.470. The molecule has 1 saturated carbocycles. The number of oxazole rings is 1. The highest BCUT2D eigenvalue weighted by molar-refractivity contribution is 5.79. The van der Waals surface area contributed by atoms with Gasteiger partial charge in [0.15, 0.2) is 5.96 Å². The third-order valence-corrected chi connectivity index (χ3v) is 4.80. The first kappa shape index (κ1) is 17.5. The van der Waals surface area contributed by atoms with Crippen LogP contribution < -0.4 is 10.6 Å². The van der Waals surface area contributed by atoms with Gasteiger partial charge in [-0.1, -0.05) is 30.3 Å². The number of hydrogen-bond donors (Lipinski definition) is 2. The van der Waals surface area contributed by atoms with E-state index in [4.69, 9.17) is 4.42 Å². The Labute approximate surface area is 150 Å². The van der Waals surface area contributed by atoms with Gasteiger partial charge in [-0.05, 0) is 51.0 Å². The van der Waals surface area contributed by atoms with Crippen LogP contribution in [0.1, 0.15) is 42.7 Å². The molecule has 0 unspecified atom stereocenters. The molecule has 1 fully saturated rings. The van der Waals surface area contributed by atoms with E-state index in [-0.39, 0.29) is 0 Å². The monoisotopic (exact) mass is 340 g/mol. The van der Waals surface area contributed by atoms with Crippen LogP contribution in [0.4, 0.5) is 0 Å². The summed E-state index contributed by atoms with van der Waals surface area (Å²) in [5.41, 5.74) is 2.71. The van der Waals surface area contributed by atoms with Crippen molar-refractivity contribution in [2.24, 2.45) is 10.4 Å². The van der Waals surface area contributed by atoms with Gasteiger partial charge in [-0.3, -0.25) is 0 Å². The second-order valence-electron chi connectivity index (χ2n) is 6.96. The zero-order valence-corrected chi connectivity index (χ0v) is 15.4. The zero-order valence-electron chi connectivity index (χ0n) is 15.4. The van der Waals surface area contributed by atoms with E-state index in [1.165, 1.54) is 18.4 Å². The Balaban J connectivity index is 1.57. The van der Waals surface area contributed by atoms with Crippen molar-refractivity contribution >= 4 is 5.96 Å². The molecule has 0 aliphatic heterocycles. The van der Waals surface area contributed by atoms with Gasteiger partial charge in [-0.2, -0.15) is 0 Å². The normalized spacial score (nSPS) is 15.9. The molecule has 5 heteroatoms. The fourth-order valence-electron chi connectivity index (χ4n) is 2.99. The van der Waals surface area contributed by atoms with Crippen LogP contribution in [0.3, 0.4) is 0 Å². The lowest BCUT2D eigenvalue weighted by atomic mass is 9.96. The zero-order chi connectivity index (χ0) is 17.7. The Morgan fingerprint density at radius 3 is 2.56 bits per heavy atom. The topological polar surface area (TPSA) is 62.5 Å². The van der Waals surface area contributed by atoms with Crippen LogP contribution in [0.25, 0.3) is 0 Å². The molecule has 1 aliphatic rings. The molecule has 0 saturated heterocycles. The van der Waals surface area contributed by atoms with Crippen LogP contribution in [0.2, 0.25) is 0 Å². The Kier molecular flexibility index (Phi) is 5.41. The Bertz CT molecular complexity index is 697. The largest absolute Gasteiger partial charge is 0.444 e. The van der Waals surface area contributed by atoms with E-state index >= 15 is 0 Å². The average Bonchev–Trinajstić information content (AvgIpc) is 3.29. The summed E-state index contributed by atoms with van der Waals surface area (Å²) in [5, 5.41) is 6.81. The highest BCUT2D eigenvalue weighted by Gasteiger charge is 2.42. The quantitative estimate of drug-likeness (QED) is 0.599. The molecule has 3 rings (SSSR count). The van der Waals surface area contributed by atoms with Crippen LogP contribution >= 0.6 is 0 Å². The van der Waals surface area contributed by atoms with Crippen molar-refractivity contribution in [1.82, 2.24) is 15.6 Å². The molecule has 1 aliphatic carbocycles. The molecular weight excluding hydrogens is 312 g/mol. The van der Waals surface area contributed by atoms with Gasteiger partial charge in [-0.15, -0.1) is 0 Å². The van der Waals surface area contributed by atoms with Crippen LogP contribution in [0.5, 0.6) is 0 Å². The fraction of sp³-hybridized carbons (Fsp3) is 0.500. The number of hydrogen-bond acceptors (Lipinski definition) is 3. The van der Waals surface area contributed by atoms with E-state index in [0.717, 1.165) is 36.9 Å². The van der Waals surface area contributed by atoms with E-state index in [2.05, 4.69) is 57.9 Å². The molecular formula is C20H28N4O. The van der Waals surface area contributed by atoms with E-state index < -0.39 is 0 Å². The van der Waals surface area contributed by atoms with Gasteiger partial charge in [-0.25, -0.2) is 9.98 Å². The summed E-state index contributed by atoms with van der Waals surface area (Å²) in [6.45, 7) is 8.19. The van der Waals surface area contributed by atoms with E-state index in [1.807, 2.05) is 13.8 Å². The number of benzene rings is 1. The lowest BCUT2D eigenvalue weighted by Crippen LogP contribution is -2.40. The standard InChI is InChI=1S/C20H28N4O/c1-4-21-19(22-13-18-24-15(2)16(3)25-18)23-14-20(10-11-20)12-17-8-6-5-7-9-17/h5-9H,4,10-14H2,1-3H3,(H2,21,22,23). The maximum Gasteiger partial charge on any atom is 0.216 e. The molecule has 0 radical (unpaired) electrons. The van der Waals surface area contributed by atoms with Gasteiger partial charge in [0.2, 0.25) is 5.89 Å². The van der Waals surface area contributed by atoms with Gasteiger partial charge in [0, 0.05) is 13.1 Å². The lowest BCUT2D eigenvalue weighted by Gasteiger charge is -2.18. The van der Waals surface area contributed by atoms with Crippen molar-refractivity contribution in [3.05, 3.63) is 53.2 Å². The Morgan fingerprint density at radius 2 is 1.96 bits per heavy atom. The summed E-state index contributed by atoms with van der Waals surface area (Å²) in [5.74, 6) is 2.36. The highest BCUT2D eigenvalue weighted by Crippen LogP contribution is 2.47. The van der Waals surface area contributed by atoms with Gasteiger partial charge < -0.3 is 15.1 Å². The molecule has 1 heterocycles. The summed E-state index contributed by atoms with van der Waals surface area (Å²) in [6.07, 6.45) is 3.66. The number of rotatable bonds is 7. The number of guanidine groups is 1. The summed E-state index contributed by atoms with van der Waals surface area (Å²) < 4.78 is 5.61. The fourth-order valence-corrected chi connectivity index (χ4v) is 2.99. The second kappa shape index (κ2) is 7.72. The van der Waals surface area contributed by atoms with Crippen molar-refractivity contribution < 1.29 is 4.42 Å². The smallest absolute Gasteiger partial charge is 0.216 e. The first-order valence-corrected chi connectivity index (χ1v) is 9.09. The second-order valence-corrected chi connectivity index (χ2v) is 6.96. The van der Waals surface area contributed by atoms with Crippen LogP contribution in [0, 0.1) is 19.3 Å². The highest BCUT2D eigenvalue weighted by atomic mass is 16.4. The molecule has 1 aromatic heterocycles. The Hall–Kier alpha value is -2.30. The SMILES string of the molecule is CCNC(=NCc1nc(C)c(C)o1)NCC1(Cc2ccccc2)CC1. The number of nitrogens with one attached hydrogen (secondary N) is 2.